The quantitative estimate of drug-likeness (QED) is 0.692. The highest BCUT2D eigenvalue weighted by Gasteiger charge is 2.20. The maximum atomic E-state index is 12.6. The summed E-state index contributed by atoms with van der Waals surface area (Å²) in [6, 6.07) is 6.19. The Labute approximate surface area is 86.3 Å². The fourth-order valence-corrected chi connectivity index (χ4v) is 1.49. The number of nitrogens with zero attached hydrogens (tertiary/aromatic N) is 1. The first-order chi connectivity index (χ1) is 6.79. The third-order valence-corrected chi connectivity index (χ3v) is 2.43. The van der Waals surface area contributed by atoms with Gasteiger partial charge in [-0.3, -0.25) is 0 Å². The maximum absolute atomic E-state index is 12.6. The Balaban J connectivity index is 2.13. The second kappa shape index (κ2) is 3.96. The van der Waals surface area contributed by atoms with Crippen molar-refractivity contribution in [2.45, 2.75) is 12.5 Å². The summed E-state index contributed by atoms with van der Waals surface area (Å²) in [5, 5.41) is 3.90. The van der Waals surface area contributed by atoms with Crippen molar-refractivity contribution in [3.63, 3.8) is 0 Å². The van der Waals surface area contributed by atoms with Crippen LogP contribution in [0, 0.1) is 5.82 Å². The van der Waals surface area contributed by atoms with Crippen LogP contribution in [0.3, 0.4) is 0 Å². The minimum atomic E-state index is -0.248. The predicted octanol–water partition coefficient (Wildman–Crippen LogP) is 2.56. The molecule has 1 aromatic rings. The number of halogens is 2. The minimum Gasteiger partial charge on any atom is -0.391 e. The molecule has 1 aromatic carbocycles. The average molecular weight is 214 g/mol. The van der Waals surface area contributed by atoms with Gasteiger partial charge in [-0.15, -0.1) is 11.6 Å². The molecule has 0 bridgehead atoms. The van der Waals surface area contributed by atoms with Crippen molar-refractivity contribution in [2.24, 2.45) is 5.16 Å². The summed E-state index contributed by atoms with van der Waals surface area (Å²) in [4.78, 5) is 5.06. The molecule has 0 unspecified atom stereocenters. The second-order valence-corrected chi connectivity index (χ2v) is 3.44. The van der Waals surface area contributed by atoms with E-state index >= 15 is 0 Å². The first-order valence-electron chi connectivity index (χ1n) is 4.34. The Kier molecular flexibility index (Phi) is 2.68. The SMILES string of the molecule is Fc1ccc(C2=NO[C@H](CCl)C2)cc1. The van der Waals surface area contributed by atoms with Crippen LogP contribution in [0.5, 0.6) is 0 Å². The molecular formula is C10H9ClFNO. The molecule has 0 aliphatic carbocycles. The zero-order valence-electron chi connectivity index (χ0n) is 7.41. The van der Waals surface area contributed by atoms with Crippen molar-refractivity contribution in [2.75, 3.05) is 5.88 Å². The Bertz CT molecular complexity index is 350. The molecule has 0 aromatic heterocycles. The van der Waals surface area contributed by atoms with Gasteiger partial charge in [-0.2, -0.15) is 0 Å². The molecule has 1 heterocycles. The number of alkyl halides is 1. The van der Waals surface area contributed by atoms with Crippen LogP contribution in [0.1, 0.15) is 12.0 Å². The van der Waals surface area contributed by atoms with Gasteiger partial charge in [-0.05, 0) is 17.7 Å². The summed E-state index contributed by atoms with van der Waals surface area (Å²) in [6.45, 7) is 0. The molecule has 1 aliphatic rings. The monoisotopic (exact) mass is 213 g/mol. The number of hydrogen-bond donors (Lipinski definition) is 0. The largest absolute Gasteiger partial charge is 0.391 e. The van der Waals surface area contributed by atoms with Crippen LogP contribution < -0.4 is 0 Å². The Morgan fingerprint density at radius 3 is 2.71 bits per heavy atom. The van der Waals surface area contributed by atoms with Gasteiger partial charge in [0.05, 0.1) is 11.6 Å². The van der Waals surface area contributed by atoms with E-state index in [0.29, 0.717) is 12.3 Å². The number of hydrogen-bond acceptors (Lipinski definition) is 2. The van der Waals surface area contributed by atoms with Gasteiger partial charge in [0.25, 0.3) is 0 Å². The fourth-order valence-electron chi connectivity index (χ4n) is 1.32. The molecule has 4 heteroatoms. The number of benzene rings is 1. The molecule has 2 rings (SSSR count). The topological polar surface area (TPSA) is 21.6 Å². The Morgan fingerprint density at radius 2 is 2.14 bits per heavy atom. The van der Waals surface area contributed by atoms with E-state index in [1.54, 1.807) is 12.1 Å². The molecular weight excluding hydrogens is 205 g/mol. The molecule has 0 saturated heterocycles. The van der Waals surface area contributed by atoms with Gasteiger partial charge in [0.1, 0.15) is 11.9 Å². The highest BCUT2D eigenvalue weighted by atomic mass is 35.5. The van der Waals surface area contributed by atoms with Crippen LogP contribution in [0.15, 0.2) is 29.4 Å². The lowest BCUT2D eigenvalue weighted by molar-refractivity contribution is 0.102. The lowest BCUT2D eigenvalue weighted by Crippen LogP contribution is -2.09. The highest BCUT2D eigenvalue weighted by Crippen LogP contribution is 2.17. The van der Waals surface area contributed by atoms with E-state index in [1.165, 1.54) is 12.1 Å². The summed E-state index contributed by atoms with van der Waals surface area (Å²) >= 11 is 5.63. The van der Waals surface area contributed by atoms with E-state index in [2.05, 4.69) is 5.16 Å². The zero-order chi connectivity index (χ0) is 9.97. The van der Waals surface area contributed by atoms with Crippen molar-refractivity contribution in [3.05, 3.63) is 35.6 Å². The van der Waals surface area contributed by atoms with Gasteiger partial charge in [-0.1, -0.05) is 17.3 Å². The standard InChI is InChI=1S/C10H9ClFNO/c11-6-9-5-10(13-14-9)7-1-3-8(12)4-2-7/h1-4,9H,5-6H2/t9-/m0/s1. The van der Waals surface area contributed by atoms with Crippen LogP contribution in [-0.2, 0) is 4.84 Å². The van der Waals surface area contributed by atoms with E-state index in [0.717, 1.165) is 11.3 Å². The van der Waals surface area contributed by atoms with Crippen molar-refractivity contribution in [1.29, 1.82) is 0 Å². The number of rotatable bonds is 2. The molecule has 0 spiro atoms. The molecule has 1 atom stereocenters. The van der Waals surface area contributed by atoms with Gasteiger partial charge < -0.3 is 4.84 Å². The first kappa shape index (κ1) is 9.46. The Morgan fingerprint density at radius 1 is 1.43 bits per heavy atom. The zero-order valence-corrected chi connectivity index (χ0v) is 8.17. The highest BCUT2D eigenvalue weighted by molar-refractivity contribution is 6.18. The minimum absolute atomic E-state index is 0.0447. The fraction of sp³-hybridized carbons (Fsp3) is 0.300. The summed E-state index contributed by atoms with van der Waals surface area (Å²) in [5.74, 6) is 0.177. The van der Waals surface area contributed by atoms with Crippen LogP contribution in [0.2, 0.25) is 0 Å². The van der Waals surface area contributed by atoms with E-state index in [4.69, 9.17) is 16.4 Å². The molecule has 14 heavy (non-hydrogen) atoms. The normalized spacial score (nSPS) is 20.4. The molecule has 0 amide bonds. The van der Waals surface area contributed by atoms with Gasteiger partial charge in [0, 0.05) is 6.42 Å². The van der Waals surface area contributed by atoms with Crippen molar-refractivity contribution in [3.8, 4) is 0 Å². The smallest absolute Gasteiger partial charge is 0.146 e. The molecule has 0 radical (unpaired) electrons. The van der Waals surface area contributed by atoms with Gasteiger partial charge in [-0.25, -0.2) is 4.39 Å². The van der Waals surface area contributed by atoms with Crippen molar-refractivity contribution in [1.82, 2.24) is 0 Å². The predicted molar refractivity (Wildman–Crippen MR) is 53.1 cm³/mol. The average Bonchev–Trinajstić information content (AvgIpc) is 2.67. The third kappa shape index (κ3) is 1.87. The molecule has 0 fully saturated rings. The van der Waals surface area contributed by atoms with Gasteiger partial charge in [0.15, 0.2) is 0 Å². The molecule has 1 aliphatic heterocycles. The summed E-state index contributed by atoms with van der Waals surface area (Å²) in [7, 11) is 0. The lowest BCUT2D eigenvalue weighted by Gasteiger charge is -2.00. The summed E-state index contributed by atoms with van der Waals surface area (Å²) in [6.07, 6.45) is 0.645. The van der Waals surface area contributed by atoms with E-state index in [9.17, 15) is 4.39 Å². The molecule has 2 nitrogen and oxygen atoms in total. The van der Waals surface area contributed by atoms with Crippen LogP contribution in [0.25, 0.3) is 0 Å². The summed E-state index contributed by atoms with van der Waals surface area (Å²) in [5.41, 5.74) is 1.72. The van der Waals surface area contributed by atoms with E-state index < -0.39 is 0 Å². The lowest BCUT2D eigenvalue weighted by atomic mass is 10.1. The van der Waals surface area contributed by atoms with E-state index in [-0.39, 0.29) is 11.9 Å². The first-order valence-corrected chi connectivity index (χ1v) is 4.87. The van der Waals surface area contributed by atoms with Crippen molar-refractivity contribution < 1.29 is 9.23 Å². The van der Waals surface area contributed by atoms with Crippen LogP contribution >= 0.6 is 11.6 Å². The maximum Gasteiger partial charge on any atom is 0.146 e. The summed E-state index contributed by atoms with van der Waals surface area (Å²) < 4.78 is 12.6. The molecule has 74 valence electrons. The number of oxime groups is 1. The van der Waals surface area contributed by atoms with Gasteiger partial charge in [0.2, 0.25) is 0 Å². The van der Waals surface area contributed by atoms with Crippen molar-refractivity contribution >= 4 is 17.3 Å². The third-order valence-electron chi connectivity index (χ3n) is 2.08. The molecule has 0 N–H and O–H groups in total. The Hall–Kier alpha value is -1.09. The second-order valence-electron chi connectivity index (χ2n) is 3.13. The van der Waals surface area contributed by atoms with Gasteiger partial charge >= 0.3 is 0 Å². The van der Waals surface area contributed by atoms with Crippen LogP contribution in [-0.4, -0.2) is 17.7 Å². The van der Waals surface area contributed by atoms with Crippen LogP contribution in [0.4, 0.5) is 4.39 Å². The molecule has 0 saturated carbocycles. The van der Waals surface area contributed by atoms with E-state index in [1.807, 2.05) is 0 Å².